The largest absolute Gasteiger partial charge is 0.492 e. The maximum Gasteiger partial charge on any atom is 0.242 e. The molecule has 1 heterocycles. The first-order valence-corrected chi connectivity index (χ1v) is 12.5. The van der Waals surface area contributed by atoms with Crippen molar-refractivity contribution in [3.8, 4) is 5.75 Å². The van der Waals surface area contributed by atoms with Gasteiger partial charge in [-0.1, -0.05) is 29.8 Å². The molecule has 1 amide bonds. The minimum atomic E-state index is -3.46. The van der Waals surface area contributed by atoms with Crippen molar-refractivity contribution >= 4 is 27.5 Å². The molecule has 2 aromatic carbocycles. The number of likely N-dealkylation sites (tertiary alicyclic amines) is 1. The molecule has 0 unspecified atom stereocenters. The first-order chi connectivity index (χ1) is 15.3. The summed E-state index contributed by atoms with van der Waals surface area (Å²) >= 11 is 6.25. The zero-order valence-corrected chi connectivity index (χ0v) is 20.0. The van der Waals surface area contributed by atoms with Crippen LogP contribution in [0.5, 0.6) is 5.75 Å². The summed E-state index contributed by atoms with van der Waals surface area (Å²) in [6.07, 6.45) is 1.64. The quantitative estimate of drug-likeness (QED) is 0.559. The van der Waals surface area contributed by atoms with Crippen LogP contribution in [0, 0.1) is 5.92 Å². The summed E-state index contributed by atoms with van der Waals surface area (Å²) in [5.74, 6) is 0.622. The standard InChI is InChI=1S/C23H30ClN3O4S/c1-26(2)32(29,30)21-9-7-20(8-10-21)31-16-13-25-23(28)18-11-14-27(15-12-18)17-19-5-3-4-6-22(19)24/h3-10,18H,11-17H2,1-2H3,(H,25,28). The Morgan fingerprint density at radius 1 is 1.12 bits per heavy atom. The van der Waals surface area contributed by atoms with Gasteiger partial charge in [-0.3, -0.25) is 9.69 Å². The van der Waals surface area contributed by atoms with Crippen LogP contribution in [-0.4, -0.2) is 63.9 Å². The number of halogens is 1. The van der Waals surface area contributed by atoms with Gasteiger partial charge in [0.25, 0.3) is 0 Å². The fourth-order valence-corrected chi connectivity index (χ4v) is 4.72. The predicted molar refractivity (Wildman–Crippen MR) is 125 cm³/mol. The van der Waals surface area contributed by atoms with Gasteiger partial charge < -0.3 is 10.1 Å². The Kier molecular flexibility index (Phi) is 8.53. The van der Waals surface area contributed by atoms with Crippen LogP contribution >= 0.6 is 11.6 Å². The van der Waals surface area contributed by atoms with Gasteiger partial charge >= 0.3 is 0 Å². The normalized spacial score (nSPS) is 15.6. The summed E-state index contributed by atoms with van der Waals surface area (Å²) in [6.45, 7) is 3.24. The fraction of sp³-hybridized carbons (Fsp3) is 0.435. The van der Waals surface area contributed by atoms with Crippen LogP contribution in [0.25, 0.3) is 0 Å². The number of carbonyl (C=O) groups is 1. The fourth-order valence-electron chi connectivity index (χ4n) is 3.63. The topological polar surface area (TPSA) is 79.0 Å². The third kappa shape index (κ3) is 6.45. The third-order valence-corrected chi connectivity index (χ3v) is 7.78. The number of carbonyl (C=O) groups excluding carboxylic acids is 1. The van der Waals surface area contributed by atoms with Crippen molar-refractivity contribution in [1.29, 1.82) is 0 Å². The van der Waals surface area contributed by atoms with Gasteiger partial charge in [0.05, 0.1) is 11.4 Å². The minimum absolute atomic E-state index is 0.00742. The van der Waals surface area contributed by atoms with Crippen molar-refractivity contribution in [1.82, 2.24) is 14.5 Å². The molecule has 1 fully saturated rings. The number of amides is 1. The van der Waals surface area contributed by atoms with Crippen molar-refractivity contribution in [2.75, 3.05) is 40.3 Å². The van der Waals surface area contributed by atoms with Gasteiger partial charge in [0.1, 0.15) is 12.4 Å². The van der Waals surface area contributed by atoms with Gasteiger partial charge in [-0.2, -0.15) is 0 Å². The van der Waals surface area contributed by atoms with Gasteiger partial charge in [0.2, 0.25) is 15.9 Å². The molecule has 1 aliphatic rings. The molecular formula is C23H30ClN3O4S. The third-order valence-electron chi connectivity index (χ3n) is 5.58. The number of ether oxygens (including phenoxy) is 1. The van der Waals surface area contributed by atoms with Crippen molar-refractivity contribution < 1.29 is 17.9 Å². The zero-order chi connectivity index (χ0) is 23.1. The van der Waals surface area contributed by atoms with E-state index in [-0.39, 0.29) is 16.7 Å². The number of hydrogen-bond acceptors (Lipinski definition) is 5. The SMILES string of the molecule is CN(C)S(=O)(=O)c1ccc(OCCNC(=O)C2CCN(Cc3ccccc3Cl)CC2)cc1. The van der Waals surface area contributed by atoms with E-state index in [1.807, 2.05) is 24.3 Å². The van der Waals surface area contributed by atoms with E-state index in [2.05, 4.69) is 10.2 Å². The van der Waals surface area contributed by atoms with Crippen LogP contribution in [0.15, 0.2) is 53.4 Å². The van der Waals surface area contributed by atoms with Crippen LogP contribution in [-0.2, 0) is 21.4 Å². The maximum atomic E-state index is 12.5. The molecule has 0 radical (unpaired) electrons. The molecular weight excluding hydrogens is 450 g/mol. The number of sulfonamides is 1. The molecule has 0 spiro atoms. The average molecular weight is 480 g/mol. The Hall–Kier alpha value is -2.13. The predicted octanol–water partition coefficient (Wildman–Crippen LogP) is 3.00. The van der Waals surface area contributed by atoms with E-state index >= 15 is 0 Å². The molecule has 1 saturated heterocycles. The first kappa shape index (κ1) is 24.5. The summed E-state index contributed by atoms with van der Waals surface area (Å²) < 4.78 is 31.0. The molecule has 1 N–H and O–H groups in total. The van der Waals surface area contributed by atoms with Crippen LogP contribution < -0.4 is 10.1 Å². The van der Waals surface area contributed by atoms with E-state index in [0.29, 0.717) is 18.9 Å². The van der Waals surface area contributed by atoms with Crippen LogP contribution in [0.4, 0.5) is 0 Å². The molecule has 32 heavy (non-hydrogen) atoms. The molecule has 2 aromatic rings. The van der Waals surface area contributed by atoms with Crippen LogP contribution in [0.3, 0.4) is 0 Å². The van der Waals surface area contributed by atoms with E-state index in [9.17, 15) is 13.2 Å². The van der Waals surface area contributed by atoms with Gasteiger partial charge in [0.15, 0.2) is 0 Å². The van der Waals surface area contributed by atoms with Crippen molar-refractivity contribution in [3.63, 3.8) is 0 Å². The maximum absolute atomic E-state index is 12.5. The van der Waals surface area contributed by atoms with Crippen LogP contribution in [0.1, 0.15) is 18.4 Å². The molecule has 0 aromatic heterocycles. The summed E-state index contributed by atoms with van der Waals surface area (Å²) in [5, 5.41) is 3.72. The van der Waals surface area contributed by atoms with E-state index in [4.69, 9.17) is 16.3 Å². The zero-order valence-electron chi connectivity index (χ0n) is 18.5. The Labute approximate surface area is 195 Å². The van der Waals surface area contributed by atoms with Crippen molar-refractivity contribution in [2.45, 2.75) is 24.3 Å². The molecule has 3 rings (SSSR count). The number of hydrogen-bond donors (Lipinski definition) is 1. The first-order valence-electron chi connectivity index (χ1n) is 10.7. The molecule has 0 atom stereocenters. The van der Waals surface area contributed by atoms with Gasteiger partial charge in [-0.15, -0.1) is 0 Å². The number of piperidine rings is 1. The molecule has 174 valence electrons. The minimum Gasteiger partial charge on any atom is -0.492 e. The van der Waals surface area contributed by atoms with E-state index in [1.54, 1.807) is 12.1 Å². The molecule has 9 heteroatoms. The number of nitrogens with one attached hydrogen (secondary N) is 1. The second-order valence-corrected chi connectivity index (χ2v) is 10.6. The lowest BCUT2D eigenvalue weighted by atomic mass is 9.95. The van der Waals surface area contributed by atoms with Crippen molar-refractivity contribution in [2.24, 2.45) is 5.92 Å². The summed E-state index contributed by atoms with van der Waals surface area (Å²) in [7, 11) is -0.473. The summed E-state index contributed by atoms with van der Waals surface area (Å²) in [4.78, 5) is 15.0. The lowest BCUT2D eigenvalue weighted by Crippen LogP contribution is -2.41. The highest BCUT2D eigenvalue weighted by molar-refractivity contribution is 7.89. The van der Waals surface area contributed by atoms with Gasteiger partial charge in [-0.05, 0) is 61.8 Å². The Bertz CT molecular complexity index is 1000. The van der Waals surface area contributed by atoms with E-state index < -0.39 is 10.0 Å². The summed E-state index contributed by atoms with van der Waals surface area (Å²) in [5.41, 5.74) is 1.11. The van der Waals surface area contributed by atoms with Crippen molar-refractivity contribution in [3.05, 3.63) is 59.1 Å². The second-order valence-electron chi connectivity index (χ2n) is 8.04. The van der Waals surface area contributed by atoms with Gasteiger partial charge in [0, 0.05) is 31.6 Å². The molecule has 0 bridgehead atoms. The average Bonchev–Trinajstić information content (AvgIpc) is 2.79. The Morgan fingerprint density at radius 2 is 1.78 bits per heavy atom. The highest BCUT2D eigenvalue weighted by Crippen LogP contribution is 2.22. The lowest BCUT2D eigenvalue weighted by molar-refractivity contribution is -0.126. The van der Waals surface area contributed by atoms with E-state index in [1.165, 1.54) is 30.5 Å². The number of nitrogens with zero attached hydrogens (tertiary/aromatic N) is 2. The molecule has 0 saturated carbocycles. The van der Waals surface area contributed by atoms with E-state index in [0.717, 1.165) is 43.1 Å². The number of benzene rings is 2. The Balaban J connectivity index is 1.36. The van der Waals surface area contributed by atoms with Crippen LogP contribution in [0.2, 0.25) is 5.02 Å². The molecule has 7 nitrogen and oxygen atoms in total. The monoisotopic (exact) mass is 479 g/mol. The highest BCUT2D eigenvalue weighted by atomic mass is 35.5. The highest BCUT2D eigenvalue weighted by Gasteiger charge is 2.25. The Morgan fingerprint density at radius 3 is 2.41 bits per heavy atom. The summed E-state index contributed by atoms with van der Waals surface area (Å²) in [6, 6.07) is 14.1. The molecule has 1 aliphatic heterocycles. The number of rotatable bonds is 9. The molecule has 0 aliphatic carbocycles. The smallest absolute Gasteiger partial charge is 0.242 e. The second kappa shape index (κ2) is 11.1. The van der Waals surface area contributed by atoms with Gasteiger partial charge in [-0.25, -0.2) is 12.7 Å². The lowest BCUT2D eigenvalue weighted by Gasteiger charge is -2.31.